The van der Waals surface area contributed by atoms with Crippen LogP contribution in [0.1, 0.15) is 52.0 Å². The number of rotatable bonds is 5. The minimum Gasteiger partial charge on any atom is -0.351 e. The molecular formula is C18H29N3O. The molecule has 2 aliphatic rings. The Morgan fingerprint density at radius 1 is 1.14 bits per heavy atom. The summed E-state index contributed by atoms with van der Waals surface area (Å²) in [5.74, 6) is 0.339. The Morgan fingerprint density at radius 3 is 2.55 bits per heavy atom. The first-order valence-corrected chi connectivity index (χ1v) is 8.86. The Hall–Kier alpha value is -1.29. The maximum atomic E-state index is 12.8. The van der Waals surface area contributed by atoms with Crippen molar-refractivity contribution in [1.29, 1.82) is 0 Å². The minimum absolute atomic E-state index is 0.245. The van der Waals surface area contributed by atoms with Crippen molar-refractivity contribution >= 4 is 5.91 Å². The Bertz CT molecular complexity index is 485. The number of hydrogen-bond donors (Lipinski definition) is 0. The van der Waals surface area contributed by atoms with E-state index in [1.807, 2.05) is 12.1 Å². The highest BCUT2D eigenvalue weighted by Gasteiger charge is 2.39. The number of hydrogen-bond acceptors (Lipinski definition) is 2. The molecule has 2 fully saturated rings. The number of likely N-dealkylation sites (N-methyl/N-ethyl adjacent to an activating group) is 1. The van der Waals surface area contributed by atoms with Gasteiger partial charge in [-0.2, -0.15) is 0 Å². The maximum absolute atomic E-state index is 12.8. The van der Waals surface area contributed by atoms with E-state index in [9.17, 15) is 4.79 Å². The fourth-order valence-corrected chi connectivity index (χ4v) is 4.30. The Kier molecular flexibility index (Phi) is 4.87. The number of carbonyl (C=O) groups excluding carboxylic acids is 1. The lowest BCUT2D eigenvalue weighted by Gasteiger charge is -2.35. The molecule has 0 aliphatic carbocycles. The van der Waals surface area contributed by atoms with E-state index in [1.54, 1.807) is 0 Å². The highest BCUT2D eigenvalue weighted by molar-refractivity contribution is 5.77. The summed E-state index contributed by atoms with van der Waals surface area (Å²) >= 11 is 0. The third-order valence-corrected chi connectivity index (χ3v) is 5.49. The normalized spacial score (nSPS) is 27.5. The van der Waals surface area contributed by atoms with Crippen LogP contribution in [0.3, 0.4) is 0 Å². The van der Waals surface area contributed by atoms with Crippen molar-refractivity contribution in [3.8, 4) is 0 Å². The van der Waals surface area contributed by atoms with Gasteiger partial charge in [0.15, 0.2) is 0 Å². The molecule has 3 rings (SSSR count). The van der Waals surface area contributed by atoms with Crippen molar-refractivity contribution in [2.45, 2.75) is 64.1 Å². The van der Waals surface area contributed by atoms with Gasteiger partial charge >= 0.3 is 0 Å². The van der Waals surface area contributed by atoms with Gasteiger partial charge in [-0.25, -0.2) is 0 Å². The second kappa shape index (κ2) is 6.86. The summed E-state index contributed by atoms with van der Waals surface area (Å²) in [5, 5.41) is 0. The first-order chi connectivity index (χ1) is 10.7. The molecule has 0 saturated carbocycles. The molecule has 1 aromatic heterocycles. The molecule has 4 nitrogen and oxygen atoms in total. The molecule has 2 aliphatic heterocycles. The first kappa shape index (κ1) is 15.6. The molecule has 2 saturated heterocycles. The predicted molar refractivity (Wildman–Crippen MR) is 88.8 cm³/mol. The summed E-state index contributed by atoms with van der Waals surface area (Å²) in [4.78, 5) is 17.6. The monoisotopic (exact) mass is 303 g/mol. The summed E-state index contributed by atoms with van der Waals surface area (Å²) in [6.07, 6.45) is 9.62. The van der Waals surface area contributed by atoms with E-state index in [0.717, 1.165) is 13.1 Å². The average Bonchev–Trinajstić information content (AvgIpc) is 3.25. The quantitative estimate of drug-likeness (QED) is 0.837. The highest BCUT2D eigenvalue weighted by Crippen LogP contribution is 2.30. The van der Waals surface area contributed by atoms with Crippen molar-refractivity contribution < 1.29 is 4.79 Å². The van der Waals surface area contributed by atoms with E-state index in [-0.39, 0.29) is 6.04 Å². The average molecular weight is 303 g/mol. The lowest BCUT2D eigenvalue weighted by molar-refractivity contribution is -0.133. The molecule has 0 unspecified atom stereocenters. The van der Waals surface area contributed by atoms with Crippen LogP contribution in [-0.4, -0.2) is 52.0 Å². The SMILES string of the molecule is CCN1CCC[C@@H]1[C@H]1CCCN1C(=O)C[C@H](C)n1cccc1. The summed E-state index contributed by atoms with van der Waals surface area (Å²) in [6.45, 7) is 7.66. The fourth-order valence-electron chi connectivity index (χ4n) is 4.30. The molecule has 1 amide bonds. The minimum atomic E-state index is 0.245. The molecule has 0 radical (unpaired) electrons. The predicted octanol–water partition coefficient (Wildman–Crippen LogP) is 2.91. The van der Waals surface area contributed by atoms with E-state index in [2.05, 4.69) is 40.6 Å². The van der Waals surface area contributed by atoms with Crippen LogP contribution < -0.4 is 0 Å². The standard InChI is InChI=1S/C18H29N3O/c1-3-19-12-6-8-16(19)17-9-7-13-21(17)18(22)14-15(2)20-10-4-5-11-20/h4-5,10-11,15-17H,3,6-9,12-14H2,1-2H3/t15-,16+,17+/m0/s1. The zero-order valence-electron chi connectivity index (χ0n) is 13.9. The van der Waals surface area contributed by atoms with Gasteiger partial charge in [0.2, 0.25) is 5.91 Å². The van der Waals surface area contributed by atoms with Gasteiger partial charge in [-0.05, 0) is 57.8 Å². The van der Waals surface area contributed by atoms with Crippen LogP contribution in [0.15, 0.2) is 24.5 Å². The molecule has 4 heteroatoms. The van der Waals surface area contributed by atoms with Gasteiger partial charge in [0, 0.05) is 43.5 Å². The Balaban J connectivity index is 1.63. The Labute approximate surface area is 134 Å². The molecule has 0 N–H and O–H groups in total. The first-order valence-electron chi connectivity index (χ1n) is 8.86. The maximum Gasteiger partial charge on any atom is 0.224 e. The van der Waals surface area contributed by atoms with Gasteiger partial charge in [0.05, 0.1) is 0 Å². The topological polar surface area (TPSA) is 28.5 Å². The van der Waals surface area contributed by atoms with Crippen LogP contribution >= 0.6 is 0 Å². The smallest absolute Gasteiger partial charge is 0.224 e. The van der Waals surface area contributed by atoms with Crippen molar-refractivity contribution in [2.24, 2.45) is 0 Å². The summed E-state index contributed by atoms with van der Waals surface area (Å²) in [6, 6.07) is 5.34. The van der Waals surface area contributed by atoms with E-state index in [4.69, 9.17) is 0 Å². The molecule has 3 heterocycles. The number of amides is 1. The molecule has 122 valence electrons. The molecule has 0 aromatic carbocycles. The molecular weight excluding hydrogens is 274 g/mol. The summed E-state index contributed by atoms with van der Waals surface area (Å²) in [7, 11) is 0. The van der Waals surface area contributed by atoms with Crippen LogP contribution in [0.2, 0.25) is 0 Å². The van der Waals surface area contributed by atoms with Gasteiger partial charge in [0.1, 0.15) is 0 Å². The van der Waals surface area contributed by atoms with Gasteiger partial charge in [0.25, 0.3) is 0 Å². The van der Waals surface area contributed by atoms with Gasteiger partial charge in [-0.3, -0.25) is 9.69 Å². The molecule has 22 heavy (non-hydrogen) atoms. The number of carbonyl (C=O) groups is 1. The van der Waals surface area contributed by atoms with E-state index >= 15 is 0 Å². The second-order valence-corrected chi connectivity index (χ2v) is 6.82. The number of nitrogens with zero attached hydrogens (tertiary/aromatic N) is 3. The molecule has 0 spiro atoms. The van der Waals surface area contributed by atoms with Crippen LogP contribution in [-0.2, 0) is 4.79 Å². The largest absolute Gasteiger partial charge is 0.351 e. The third-order valence-electron chi connectivity index (χ3n) is 5.49. The number of aromatic nitrogens is 1. The van der Waals surface area contributed by atoms with Crippen molar-refractivity contribution in [2.75, 3.05) is 19.6 Å². The van der Waals surface area contributed by atoms with Gasteiger partial charge in [-0.15, -0.1) is 0 Å². The highest BCUT2D eigenvalue weighted by atomic mass is 16.2. The van der Waals surface area contributed by atoms with Crippen molar-refractivity contribution in [3.63, 3.8) is 0 Å². The molecule has 3 atom stereocenters. The summed E-state index contributed by atoms with van der Waals surface area (Å²) < 4.78 is 2.14. The van der Waals surface area contributed by atoms with Crippen LogP contribution in [0.4, 0.5) is 0 Å². The Morgan fingerprint density at radius 2 is 1.82 bits per heavy atom. The molecule has 1 aromatic rings. The second-order valence-electron chi connectivity index (χ2n) is 6.82. The lowest BCUT2D eigenvalue weighted by Crippen LogP contribution is -2.48. The van der Waals surface area contributed by atoms with E-state index in [0.29, 0.717) is 24.4 Å². The molecule has 0 bridgehead atoms. The van der Waals surface area contributed by atoms with Crippen LogP contribution in [0.5, 0.6) is 0 Å². The van der Waals surface area contributed by atoms with Gasteiger partial charge < -0.3 is 9.47 Å². The lowest BCUT2D eigenvalue weighted by atomic mass is 10.0. The van der Waals surface area contributed by atoms with E-state index in [1.165, 1.54) is 32.2 Å². The van der Waals surface area contributed by atoms with E-state index < -0.39 is 0 Å². The number of likely N-dealkylation sites (tertiary alicyclic amines) is 2. The fraction of sp³-hybridized carbons (Fsp3) is 0.722. The zero-order valence-corrected chi connectivity index (χ0v) is 13.9. The third kappa shape index (κ3) is 3.07. The van der Waals surface area contributed by atoms with Crippen molar-refractivity contribution in [1.82, 2.24) is 14.4 Å². The van der Waals surface area contributed by atoms with Crippen LogP contribution in [0.25, 0.3) is 0 Å². The van der Waals surface area contributed by atoms with Gasteiger partial charge in [-0.1, -0.05) is 6.92 Å². The van der Waals surface area contributed by atoms with Crippen molar-refractivity contribution in [3.05, 3.63) is 24.5 Å². The summed E-state index contributed by atoms with van der Waals surface area (Å²) in [5.41, 5.74) is 0. The van der Waals surface area contributed by atoms with Crippen LogP contribution in [0, 0.1) is 0 Å². The zero-order chi connectivity index (χ0) is 15.5.